The third kappa shape index (κ3) is 6.15. The van der Waals surface area contributed by atoms with Crippen molar-refractivity contribution in [1.82, 2.24) is 0 Å². The van der Waals surface area contributed by atoms with E-state index in [1.165, 1.54) is 38.4 Å². The molecule has 0 aliphatic heterocycles. The summed E-state index contributed by atoms with van der Waals surface area (Å²) in [7, 11) is 0. The molecule has 1 aromatic rings. The van der Waals surface area contributed by atoms with Crippen LogP contribution >= 0.6 is 27.7 Å². The van der Waals surface area contributed by atoms with Crippen LogP contribution in [0.2, 0.25) is 0 Å². The Labute approximate surface area is 124 Å². The van der Waals surface area contributed by atoms with E-state index in [9.17, 15) is 0 Å². The molecule has 0 aromatic heterocycles. The molecule has 0 heterocycles. The molecule has 1 aromatic carbocycles. The van der Waals surface area contributed by atoms with E-state index >= 15 is 0 Å². The third-order valence-electron chi connectivity index (χ3n) is 2.36. The molecular weight excluding hydrogens is 359 g/mol. The van der Waals surface area contributed by atoms with Crippen molar-refractivity contribution in [2.75, 3.05) is 6.26 Å². The molecular formula is C14H19BrSSe. The van der Waals surface area contributed by atoms with Gasteiger partial charge in [0.1, 0.15) is 0 Å². The Bertz CT molecular complexity index is 348. The van der Waals surface area contributed by atoms with Gasteiger partial charge in [0.25, 0.3) is 0 Å². The second-order valence-corrected chi connectivity index (χ2v) is 8.40. The summed E-state index contributed by atoms with van der Waals surface area (Å²) in [5.41, 5.74) is 0. The van der Waals surface area contributed by atoms with Crippen molar-refractivity contribution >= 4 is 47.1 Å². The van der Waals surface area contributed by atoms with Crippen LogP contribution in [0.25, 0.3) is 0 Å². The van der Waals surface area contributed by atoms with Crippen LogP contribution < -0.4 is 4.46 Å². The van der Waals surface area contributed by atoms with Crippen molar-refractivity contribution in [2.24, 2.45) is 0 Å². The van der Waals surface area contributed by atoms with Crippen molar-refractivity contribution in [3.63, 3.8) is 0 Å². The van der Waals surface area contributed by atoms with Crippen LogP contribution in [0.4, 0.5) is 0 Å². The summed E-state index contributed by atoms with van der Waals surface area (Å²) in [6.07, 6.45) is 7.29. The normalized spacial score (nSPS) is 12.4. The molecule has 0 bridgehead atoms. The van der Waals surface area contributed by atoms with Crippen molar-refractivity contribution in [1.29, 1.82) is 0 Å². The zero-order valence-corrected chi connectivity index (χ0v) is 14.5. The van der Waals surface area contributed by atoms with Gasteiger partial charge >= 0.3 is 125 Å². The molecule has 0 spiro atoms. The van der Waals surface area contributed by atoms with Gasteiger partial charge in [-0.05, 0) is 0 Å². The number of allylic oxidation sites excluding steroid dienone is 1. The minimum atomic E-state index is 0.450. The molecule has 0 atom stereocenters. The van der Waals surface area contributed by atoms with Gasteiger partial charge in [-0.2, -0.15) is 0 Å². The Hall–Kier alpha value is 0.309. The maximum atomic E-state index is 3.77. The van der Waals surface area contributed by atoms with E-state index in [4.69, 9.17) is 0 Å². The molecule has 0 aliphatic carbocycles. The quantitative estimate of drug-likeness (QED) is 0.497. The van der Waals surface area contributed by atoms with Crippen molar-refractivity contribution in [2.45, 2.75) is 32.6 Å². The van der Waals surface area contributed by atoms with Gasteiger partial charge in [-0.15, -0.1) is 0 Å². The minimum absolute atomic E-state index is 0.450. The van der Waals surface area contributed by atoms with Crippen molar-refractivity contribution < 1.29 is 0 Å². The molecule has 17 heavy (non-hydrogen) atoms. The van der Waals surface area contributed by atoms with Crippen molar-refractivity contribution in [3.8, 4) is 0 Å². The second kappa shape index (κ2) is 9.27. The van der Waals surface area contributed by atoms with E-state index in [0.717, 1.165) is 0 Å². The van der Waals surface area contributed by atoms with E-state index in [1.54, 1.807) is 0 Å². The zero-order chi connectivity index (χ0) is 12.5. The van der Waals surface area contributed by atoms with Gasteiger partial charge in [0.2, 0.25) is 0 Å². The number of hydrogen-bond donors (Lipinski definition) is 0. The fourth-order valence-electron chi connectivity index (χ4n) is 1.44. The number of unbranched alkanes of at least 4 members (excludes halogenated alkanes) is 2. The Kier molecular flexibility index (Phi) is 8.38. The van der Waals surface area contributed by atoms with Crippen molar-refractivity contribution in [3.05, 3.63) is 38.6 Å². The number of halogens is 1. The average Bonchev–Trinajstić information content (AvgIpc) is 2.37. The Balaban J connectivity index is 2.60. The molecule has 0 nitrogen and oxygen atoms in total. The summed E-state index contributed by atoms with van der Waals surface area (Å²) >= 11 is 6.11. The molecule has 3 heteroatoms. The number of rotatable bonds is 7. The summed E-state index contributed by atoms with van der Waals surface area (Å²) in [6.45, 7) is 2.25. The standard InChI is InChI=1S/C14H19BrSSe/c1-3-4-6-11-13(15)14(16-2)17-12-9-7-5-8-10-12/h5,7-10H,3-4,6,11H2,1-2H3. The number of benzene rings is 1. The van der Waals surface area contributed by atoms with Crippen LogP contribution in [0.1, 0.15) is 32.6 Å². The molecule has 94 valence electrons. The molecule has 0 amide bonds. The van der Waals surface area contributed by atoms with Gasteiger partial charge in [-0.3, -0.25) is 0 Å². The predicted octanol–water partition coefficient (Wildman–Crippen LogP) is 4.52. The molecule has 0 fully saturated rings. The number of hydrogen-bond acceptors (Lipinski definition) is 1. The summed E-state index contributed by atoms with van der Waals surface area (Å²) in [5.74, 6) is 0. The topological polar surface area (TPSA) is 0 Å². The molecule has 0 N–H and O–H groups in total. The van der Waals surface area contributed by atoms with Crippen LogP contribution in [0, 0.1) is 0 Å². The van der Waals surface area contributed by atoms with Gasteiger partial charge in [-0.1, -0.05) is 0 Å². The summed E-state index contributed by atoms with van der Waals surface area (Å²) in [6, 6.07) is 10.8. The Morgan fingerprint density at radius 2 is 1.94 bits per heavy atom. The van der Waals surface area contributed by atoms with E-state index in [2.05, 4.69) is 59.4 Å². The summed E-state index contributed by atoms with van der Waals surface area (Å²) in [5, 5.41) is 0. The zero-order valence-electron chi connectivity index (χ0n) is 10.4. The summed E-state index contributed by atoms with van der Waals surface area (Å²) < 4.78 is 4.40. The predicted molar refractivity (Wildman–Crippen MR) is 85.4 cm³/mol. The van der Waals surface area contributed by atoms with Gasteiger partial charge in [-0.25, -0.2) is 0 Å². The van der Waals surface area contributed by atoms with Crippen LogP contribution in [0.15, 0.2) is 38.6 Å². The Morgan fingerprint density at radius 1 is 1.24 bits per heavy atom. The third-order valence-corrected chi connectivity index (χ3v) is 8.08. The molecule has 0 saturated carbocycles. The molecule has 0 radical (unpaired) electrons. The molecule has 0 unspecified atom stereocenters. The first kappa shape index (κ1) is 15.4. The van der Waals surface area contributed by atoms with Gasteiger partial charge in [0.15, 0.2) is 0 Å². The van der Waals surface area contributed by atoms with Gasteiger partial charge in [0, 0.05) is 0 Å². The van der Waals surface area contributed by atoms with E-state index in [1.807, 2.05) is 11.8 Å². The molecule has 0 aliphatic rings. The van der Waals surface area contributed by atoms with Gasteiger partial charge < -0.3 is 0 Å². The second-order valence-electron chi connectivity index (χ2n) is 3.77. The molecule has 0 saturated heterocycles. The first-order valence-corrected chi connectivity index (χ1v) is 9.66. The molecule has 1 rings (SSSR count). The van der Waals surface area contributed by atoms with Crippen LogP contribution in [-0.2, 0) is 0 Å². The first-order chi connectivity index (χ1) is 8.27. The van der Waals surface area contributed by atoms with Crippen LogP contribution in [-0.4, -0.2) is 21.2 Å². The fourth-order valence-corrected chi connectivity index (χ4v) is 5.56. The monoisotopic (exact) mass is 378 g/mol. The first-order valence-electron chi connectivity index (χ1n) is 5.93. The van der Waals surface area contributed by atoms with E-state index in [0.29, 0.717) is 15.0 Å². The van der Waals surface area contributed by atoms with Gasteiger partial charge in [0.05, 0.1) is 0 Å². The fraction of sp³-hybridized carbons (Fsp3) is 0.429. The average molecular weight is 378 g/mol. The maximum absolute atomic E-state index is 3.77. The van der Waals surface area contributed by atoms with Crippen LogP contribution in [0.5, 0.6) is 0 Å². The number of thioether (sulfide) groups is 1. The Morgan fingerprint density at radius 3 is 2.53 bits per heavy atom. The summed E-state index contributed by atoms with van der Waals surface area (Å²) in [4.78, 5) is 0. The van der Waals surface area contributed by atoms with E-state index < -0.39 is 0 Å². The van der Waals surface area contributed by atoms with Crippen LogP contribution in [0.3, 0.4) is 0 Å². The van der Waals surface area contributed by atoms with E-state index in [-0.39, 0.29) is 0 Å². The SMILES string of the molecule is CCCCCC(Br)=C(SC)[Se]c1ccccc1.